The molecule has 2 aromatic carbocycles. The molecule has 8 nitrogen and oxygen atoms in total. The van der Waals surface area contributed by atoms with Crippen molar-refractivity contribution in [1.82, 2.24) is 15.2 Å². The number of nitrogens with one attached hydrogen (secondary N) is 1. The van der Waals surface area contributed by atoms with Crippen LogP contribution in [0.15, 0.2) is 72.6 Å². The fourth-order valence-corrected chi connectivity index (χ4v) is 6.05. The number of ether oxygens (including phenoxy) is 3. The van der Waals surface area contributed by atoms with E-state index in [1.165, 1.54) is 23.9 Å². The Bertz CT molecular complexity index is 1560. The molecule has 1 saturated carbocycles. The highest BCUT2D eigenvalue weighted by atomic mass is 19.1. The number of hydrogen-bond acceptors (Lipinski definition) is 6. The molecule has 3 aromatic rings. The lowest BCUT2D eigenvalue weighted by Crippen LogP contribution is -2.62. The Labute approximate surface area is 257 Å². The Kier molecular flexibility index (Phi) is 7.92. The van der Waals surface area contributed by atoms with Crippen LogP contribution in [0.1, 0.15) is 73.6 Å². The highest BCUT2D eigenvalue weighted by Crippen LogP contribution is 2.55. The minimum atomic E-state index is -0.519. The zero-order valence-electron chi connectivity index (χ0n) is 25.6. The summed E-state index contributed by atoms with van der Waals surface area (Å²) in [6.07, 6.45) is 4.59. The fraction of sp³-hybridized carbons (Fsp3) is 0.400. The molecule has 3 heterocycles. The largest absolute Gasteiger partial charge is 0.484 e. The van der Waals surface area contributed by atoms with Gasteiger partial charge in [-0.3, -0.25) is 9.78 Å². The molecule has 6 rings (SSSR count). The second-order valence-electron chi connectivity index (χ2n) is 13.2. The molecule has 1 spiro atoms. The molecule has 2 amide bonds. The first kappa shape index (κ1) is 29.8. The molecule has 1 aromatic heterocycles. The lowest BCUT2D eigenvalue weighted by atomic mass is 9.59. The third-order valence-electron chi connectivity index (χ3n) is 8.30. The summed E-state index contributed by atoms with van der Waals surface area (Å²) in [6, 6.07) is 16.2. The van der Waals surface area contributed by atoms with Gasteiger partial charge in [-0.15, -0.1) is 0 Å². The molecular weight excluding hydrogens is 561 g/mol. The zero-order valence-corrected chi connectivity index (χ0v) is 25.6. The lowest BCUT2D eigenvalue weighted by Gasteiger charge is -2.57. The highest BCUT2D eigenvalue weighted by molar-refractivity contribution is 5.94. The molecule has 1 N–H and O–H groups in total. The topological polar surface area (TPSA) is 90.0 Å². The number of amides is 2. The van der Waals surface area contributed by atoms with Crippen LogP contribution in [0.4, 0.5) is 9.18 Å². The molecule has 2 aliphatic heterocycles. The molecule has 0 unspecified atom stereocenters. The zero-order chi connectivity index (χ0) is 31.1. The standard InChI is InChI=1S/C35H38FN3O5/c1-22(38-32(40)26-13-29(17-37-16-26)43-30-18-42-19-30)23-5-7-24(8-6-23)31(25-9-11-28(36)12-10-25)27-14-35(15-27)20-39(21-35)33(41)44-34(2,3)4/h5-13,16-17,22,30H,14-15,18-21H2,1-4H3,(H,38,40)/t22-/m1/s1. The predicted molar refractivity (Wildman–Crippen MR) is 164 cm³/mol. The molecule has 1 atom stereocenters. The Balaban J connectivity index is 1.14. The first-order valence-corrected chi connectivity index (χ1v) is 15.0. The van der Waals surface area contributed by atoms with Crippen LogP contribution in [0, 0.1) is 11.2 Å². The Morgan fingerprint density at radius 1 is 1.00 bits per heavy atom. The second kappa shape index (κ2) is 11.7. The minimum Gasteiger partial charge on any atom is -0.484 e. The van der Waals surface area contributed by atoms with E-state index in [0.717, 1.165) is 35.1 Å². The molecule has 1 aliphatic carbocycles. The SMILES string of the molecule is C[C@@H](NC(=O)c1cncc(OC2COC2)c1)c1ccc(C(=C2CC3(C2)CN(C(=O)OC(C)(C)C)C3)c2ccc(F)cc2)cc1. The molecule has 0 radical (unpaired) electrons. The number of hydrogen-bond donors (Lipinski definition) is 1. The normalized spacial score (nSPS) is 18.0. The fourth-order valence-electron chi connectivity index (χ4n) is 6.05. The molecule has 2 saturated heterocycles. The number of rotatable bonds is 7. The number of benzene rings is 2. The van der Waals surface area contributed by atoms with E-state index in [9.17, 15) is 14.0 Å². The Hall–Kier alpha value is -4.24. The number of likely N-dealkylation sites (tertiary alicyclic amines) is 1. The van der Waals surface area contributed by atoms with Crippen molar-refractivity contribution in [2.45, 2.75) is 58.3 Å². The quantitative estimate of drug-likeness (QED) is 0.342. The van der Waals surface area contributed by atoms with Gasteiger partial charge >= 0.3 is 6.09 Å². The molecule has 9 heteroatoms. The van der Waals surface area contributed by atoms with E-state index in [1.54, 1.807) is 17.2 Å². The Morgan fingerprint density at radius 2 is 1.64 bits per heavy atom. The first-order chi connectivity index (χ1) is 21.0. The summed E-state index contributed by atoms with van der Waals surface area (Å²) in [6.45, 7) is 9.99. The van der Waals surface area contributed by atoms with Gasteiger partial charge in [-0.1, -0.05) is 42.0 Å². The van der Waals surface area contributed by atoms with Gasteiger partial charge in [0.05, 0.1) is 31.0 Å². The van der Waals surface area contributed by atoms with E-state index in [4.69, 9.17) is 14.2 Å². The van der Waals surface area contributed by atoms with E-state index < -0.39 is 5.60 Å². The lowest BCUT2D eigenvalue weighted by molar-refractivity contribution is -0.0798. The molecule has 230 valence electrons. The van der Waals surface area contributed by atoms with Gasteiger partial charge in [-0.2, -0.15) is 0 Å². The van der Waals surface area contributed by atoms with Gasteiger partial charge in [0.25, 0.3) is 5.91 Å². The molecule has 3 aliphatic rings. The van der Waals surface area contributed by atoms with Crippen molar-refractivity contribution in [2.24, 2.45) is 5.41 Å². The number of aromatic nitrogens is 1. The summed E-state index contributed by atoms with van der Waals surface area (Å²) >= 11 is 0. The molecule has 44 heavy (non-hydrogen) atoms. The van der Waals surface area contributed by atoms with Gasteiger partial charge in [0, 0.05) is 24.7 Å². The van der Waals surface area contributed by atoms with Gasteiger partial charge in [-0.05, 0) is 81.0 Å². The molecule has 0 bridgehead atoms. The average Bonchev–Trinajstić information content (AvgIpc) is 2.91. The molecular formula is C35H38FN3O5. The van der Waals surface area contributed by atoms with Crippen LogP contribution in [0.25, 0.3) is 5.57 Å². The number of carbonyl (C=O) groups excluding carboxylic acids is 2. The maximum Gasteiger partial charge on any atom is 0.410 e. The van der Waals surface area contributed by atoms with Crippen LogP contribution in [0.3, 0.4) is 0 Å². The third-order valence-corrected chi connectivity index (χ3v) is 8.30. The van der Waals surface area contributed by atoms with Gasteiger partial charge in [0.1, 0.15) is 23.3 Å². The smallest absolute Gasteiger partial charge is 0.410 e. The number of nitrogens with zero attached hydrogens (tertiary/aromatic N) is 2. The third kappa shape index (κ3) is 6.48. The monoisotopic (exact) mass is 599 g/mol. The van der Waals surface area contributed by atoms with E-state index in [-0.39, 0.29) is 35.4 Å². The van der Waals surface area contributed by atoms with E-state index in [2.05, 4.69) is 22.4 Å². The van der Waals surface area contributed by atoms with Crippen molar-refractivity contribution < 1.29 is 28.2 Å². The van der Waals surface area contributed by atoms with Crippen LogP contribution in [0.2, 0.25) is 0 Å². The van der Waals surface area contributed by atoms with Crippen molar-refractivity contribution in [3.05, 3.63) is 101 Å². The van der Waals surface area contributed by atoms with E-state index >= 15 is 0 Å². The Morgan fingerprint density at radius 3 is 2.23 bits per heavy atom. The minimum absolute atomic E-state index is 0.00608. The van der Waals surface area contributed by atoms with Crippen molar-refractivity contribution in [1.29, 1.82) is 0 Å². The number of carbonyl (C=O) groups is 2. The predicted octanol–water partition coefficient (Wildman–Crippen LogP) is 6.32. The van der Waals surface area contributed by atoms with E-state index in [0.29, 0.717) is 37.6 Å². The van der Waals surface area contributed by atoms with Crippen LogP contribution < -0.4 is 10.1 Å². The van der Waals surface area contributed by atoms with Gasteiger partial charge in [0.2, 0.25) is 0 Å². The number of allylic oxidation sites excluding steroid dienone is 1. The van der Waals surface area contributed by atoms with Crippen LogP contribution in [-0.2, 0) is 9.47 Å². The first-order valence-electron chi connectivity index (χ1n) is 15.0. The van der Waals surface area contributed by atoms with Crippen LogP contribution >= 0.6 is 0 Å². The van der Waals surface area contributed by atoms with Gasteiger partial charge in [0.15, 0.2) is 0 Å². The summed E-state index contributed by atoms with van der Waals surface area (Å²) in [5.41, 5.74) is 5.29. The maximum absolute atomic E-state index is 13.8. The summed E-state index contributed by atoms with van der Waals surface area (Å²) in [5, 5.41) is 3.05. The summed E-state index contributed by atoms with van der Waals surface area (Å²) in [5.74, 6) is 0.0279. The molecule has 3 fully saturated rings. The summed E-state index contributed by atoms with van der Waals surface area (Å²) < 4.78 is 30.3. The van der Waals surface area contributed by atoms with Gasteiger partial charge in [-0.25, -0.2) is 9.18 Å². The van der Waals surface area contributed by atoms with Crippen molar-refractivity contribution >= 4 is 17.6 Å². The number of halogens is 1. The van der Waals surface area contributed by atoms with Crippen LogP contribution in [-0.4, -0.2) is 59.9 Å². The van der Waals surface area contributed by atoms with Crippen molar-refractivity contribution in [2.75, 3.05) is 26.3 Å². The maximum atomic E-state index is 13.8. The summed E-state index contributed by atoms with van der Waals surface area (Å²) in [7, 11) is 0. The van der Waals surface area contributed by atoms with Crippen molar-refractivity contribution in [3.8, 4) is 5.75 Å². The van der Waals surface area contributed by atoms with Crippen molar-refractivity contribution in [3.63, 3.8) is 0 Å². The number of pyridine rings is 1. The average molecular weight is 600 g/mol. The highest BCUT2D eigenvalue weighted by Gasteiger charge is 2.53. The van der Waals surface area contributed by atoms with Gasteiger partial charge < -0.3 is 24.4 Å². The summed E-state index contributed by atoms with van der Waals surface area (Å²) in [4.78, 5) is 31.4. The second-order valence-corrected chi connectivity index (χ2v) is 13.2. The van der Waals surface area contributed by atoms with E-state index in [1.807, 2.05) is 52.0 Å². The van der Waals surface area contributed by atoms with Crippen LogP contribution in [0.5, 0.6) is 5.75 Å².